The summed E-state index contributed by atoms with van der Waals surface area (Å²) in [4.78, 5) is 12.9. The van der Waals surface area contributed by atoms with Crippen LogP contribution in [0.3, 0.4) is 0 Å². The first-order valence-corrected chi connectivity index (χ1v) is 11.7. The van der Waals surface area contributed by atoms with E-state index in [9.17, 15) is 4.39 Å². The van der Waals surface area contributed by atoms with Gasteiger partial charge in [-0.25, -0.2) is 14.4 Å². The van der Waals surface area contributed by atoms with Gasteiger partial charge in [-0.3, -0.25) is 4.68 Å². The lowest BCUT2D eigenvalue weighted by Crippen LogP contribution is -2.61. The fourth-order valence-electron chi connectivity index (χ4n) is 5.18. The SMILES string of the molecule is CN(c1nc2ccc(-c3cc(F)c4nn(C)cc4c3)nc2s1)C1CC(C)(C)NC(C)(C)C1. The molecule has 1 saturated heterocycles. The lowest BCUT2D eigenvalue weighted by atomic mass is 9.79. The van der Waals surface area contributed by atoms with Crippen LogP contribution in [-0.4, -0.2) is 43.9 Å². The van der Waals surface area contributed by atoms with Crippen LogP contribution >= 0.6 is 11.3 Å². The molecule has 32 heavy (non-hydrogen) atoms. The van der Waals surface area contributed by atoms with Crippen LogP contribution in [0.25, 0.3) is 32.5 Å². The molecule has 4 heterocycles. The average Bonchev–Trinajstić information content (AvgIpc) is 3.27. The highest BCUT2D eigenvalue weighted by atomic mass is 32.1. The number of anilines is 1. The van der Waals surface area contributed by atoms with E-state index in [1.165, 1.54) is 6.07 Å². The van der Waals surface area contributed by atoms with Gasteiger partial charge in [0.25, 0.3) is 0 Å². The Hall–Kier alpha value is -2.58. The molecule has 0 aliphatic carbocycles. The van der Waals surface area contributed by atoms with Crippen molar-refractivity contribution in [3.05, 3.63) is 36.3 Å². The number of pyridine rings is 1. The van der Waals surface area contributed by atoms with E-state index in [0.29, 0.717) is 11.6 Å². The number of halogens is 1. The minimum Gasteiger partial charge on any atom is -0.348 e. The van der Waals surface area contributed by atoms with Crippen molar-refractivity contribution in [3.63, 3.8) is 0 Å². The fourth-order valence-corrected chi connectivity index (χ4v) is 6.15. The molecule has 4 aromatic rings. The van der Waals surface area contributed by atoms with Crippen molar-refractivity contribution in [3.8, 4) is 11.3 Å². The van der Waals surface area contributed by atoms with Gasteiger partial charge in [0.05, 0.1) is 5.69 Å². The van der Waals surface area contributed by atoms with Crippen LogP contribution in [0.15, 0.2) is 30.5 Å². The van der Waals surface area contributed by atoms with E-state index >= 15 is 0 Å². The molecule has 1 aromatic carbocycles. The zero-order valence-corrected chi connectivity index (χ0v) is 20.2. The minimum absolute atomic E-state index is 0.0673. The van der Waals surface area contributed by atoms with Crippen molar-refractivity contribution in [2.75, 3.05) is 11.9 Å². The van der Waals surface area contributed by atoms with E-state index in [4.69, 9.17) is 9.97 Å². The summed E-state index contributed by atoms with van der Waals surface area (Å²) in [5.41, 5.74) is 2.87. The van der Waals surface area contributed by atoms with Gasteiger partial charge in [0.2, 0.25) is 0 Å². The van der Waals surface area contributed by atoms with E-state index in [0.717, 1.165) is 45.0 Å². The summed E-state index contributed by atoms with van der Waals surface area (Å²) in [5.74, 6) is -0.333. The zero-order valence-electron chi connectivity index (χ0n) is 19.4. The predicted molar refractivity (Wildman–Crippen MR) is 130 cm³/mol. The van der Waals surface area contributed by atoms with Crippen molar-refractivity contribution < 1.29 is 4.39 Å². The molecule has 0 bridgehead atoms. The third kappa shape index (κ3) is 3.86. The van der Waals surface area contributed by atoms with E-state index in [2.05, 4.69) is 50.1 Å². The van der Waals surface area contributed by atoms with Crippen LogP contribution in [0.5, 0.6) is 0 Å². The summed E-state index contributed by atoms with van der Waals surface area (Å²) in [7, 11) is 3.93. The summed E-state index contributed by atoms with van der Waals surface area (Å²) >= 11 is 1.59. The molecule has 1 fully saturated rings. The van der Waals surface area contributed by atoms with E-state index < -0.39 is 0 Å². The van der Waals surface area contributed by atoms with Crippen LogP contribution in [0.4, 0.5) is 9.52 Å². The molecular weight excluding hydrogens is 423 g/mol. The summed E-state index contributed by atoms with van der Waals surface area (Å²) in [6.45, 7) is 9.05. The molecule has 3 aromatic heterocycles. The number of hydrogen-bond acceptors (Lipinski definition) is 6. The second-order valence-corrected chi connectivity index (χ2v) is 11.2. The molecule has 0 unspecified atom stereocenters. The Morgan fingerprint density at radius 2 is 1.84 bits per heavy atom. The highest BCUT2D eigenvalue weighted by Gasteiger charge is 2.39. The highest BCUT2D eigenvalue weighted by molar-refractivity contribution is 7.21. The number of aryl methyl sites for hydroxylation is 1. The molecule has 0 radical (unpaired) electrons. The van der Waals surface area contributed by atoms with Gasteiger partial charge in [0, 0.05) is 48.4 Å². The molecule has 1 aliphatic heterocycles. The first-order chi connectivity index (χ1) is 15.0. The Kier molecular flexibility index (Phi) is 4.80. The number of piperidine rings is 1. The molecule has 0 atom stereocenters. The Morgan fingerprint density at radius 1 is 1.12 bits per heavy atom. The average molecular weight is 453 g/mol. The quantitative estimate of drug-likeness (QED) is 0.467. The van der Waals surface area contributed by atoms with E-state index in [1.807, 2.05) is 24.4 Å². The van der Waals surface area contributed by atoms with Crippen LogP contribution < -0.4 is 10.2 Å². The number of nitrogens with one attached hydrogen (secondary N) is 1. The number of hydrogen-bond donors (Lipinski definition) is 1. The smallest absolute Gasteiger partial charge is 0.187 e. The second-order valence-electron chi connectivity index (χ2n) is 10.3. The molecule has 168 valence electrons. The number of rotatable bonds is 3. The monoisotopic (exact) mass is 452 g/mol. The van der Waals surface area contributed by atoms with Crippen LogP contribution in [0.2, 0.25) is 0 Å². The van der Waals surface area contributed by atoms with Gasteiger partial charge in [-0.15, -0.1) is 0 Å². The van der Waals surface area contributed by atoms with Crippen molar-refractivity contribution in [2.24, 2.45) is 7.05 Å². The van der Waals surface area contributed by atoms with Crippen molar-refractivity contribution >= 4 is 37.7 Å². The number of thiazole rings is 1. The maximum Gasteiger partial charge on any atom is 0.187 e. The van der Waals surface area contributed by atoms with Gasteiger partial charge in [-0.2, -0.15) is 5.10 Å². The second kappa shape index (κ2) is 7.22. The third-order valence-electron chi connectivity index (χ3n) is 6.23. The largest absolute Gasteiger partial charge is 0.348 e. The molecule has 5 rings (SSSR count). The molecular formula is C24H29FN6S. The van der Waals surface area contributed by atoms with Crippen molar-refractivity contribution in [1.82, 2.24) is 25.1 Å². The summed E-state index contributed by atoms with van der Waals surface area (Å²) in [6.07, 6.45) is 3.92. The molecule has 0 spiro atoms. The van der Waals surface area contributed by atoms with Gasteiger partial charge in [0.15, 0.2) is 10.9 Å². The van der Waals surface area contributed by atoms with E-state index in [-0.39, 0.29) is 16.9 Å². The molecule has 1 aliphatic rings. The molecule has 8 heteroatoms. The standard InChI is InChI=1S/C24H29FN6S/c1-23(2)11-16(12-24(3,4)29-23)31(6)22-27-19-8-7-18(26-21(19)32-22)14-9-15-13-30(5)28-20(15)17(25)10-14/h7-10,13,16,29H,11-12H2,1-6H3. The highest BCUT2D eigenvalue weighted by Crippen LogP contribution is 2.36. The molecule has 1 N–H and O–H groups in total. The Bertz CT molecular complexity index is 1310. The number of benzene rings is 1. The van der Waals surface area contributed by atoms with Gasteiger partial charge in [-0.1, -0.05) is 11.3 Å². The predicted octanol–water partition coefficient (Wildman–Crippen LogP) is 5.13. The lowest BCUT2D eigenvalue weighted by Gasteiger charge is -2.48. The van der Waals surface area contributed by atoms with E-state index in [1.54, 1.807) is 23.1 Å². The first-order valence-electron chi connectivity index (χ1n) is 10.9. The van der Waals surface area contributed by atoms with Gasteiger partial charge >= 0.3 is 0 Å². The van der Waals surface area contributed by atoms with Gasteiger partial charge < -0.3 is 10.2 Å². The van der Waals surface area contributed by atoms with Crippen LogP contribution in [0, 0.1) is 5.82 Å². The summed E-state index contributed by atoms with van der Waals surface area (Å²) in [5, 5.41) is 9.67. The Balaban J connectivity index is 1.48. The zero-order chi connectivity index (χ0) is 22.8. The van der Waals surface area contributed by atoms with Crippen LogP contribution in [0.1, 0.15) is 40.5 Å². The summed E-state index contributed by atoms with van der Waals surface area (Å²) < 4.78 is 16.2. The molecule has 6 nitrogen and oxygen atoms in total. The maximum absolute atomic E-state index is 14.6. The number of fused-ring (bicyclic) bond motifs is 2. The number of nitrogens with zero attached hydrogens (tertiary/aromatic N) is 5. The topological polar surface area (TPSA) is 58.9 Å². The number of aromatic nitrogens is 4. The van der Waals surface area contributed by atoms with Crippen LogP contribution in [-0.2, 0) is 7.05 Å². The first kappa shape index (κ1) is 21.3. The Labute approximate surface area is 191 Å². The van der Waals surface area contributed by atoms with Crippen molar-refractivity contribution in [2.45, 2.75) is 57.7 Å². The van der Waals surface area contributed by atoms with Gasteiger partial charge in [0.1, 0.15) is 15.9 Å². The fraction of sp³-hybridized carbons (Fsp3) is 0.458. The van der Waals surface area contributed by atoms with Gasteiger partial charge in [-0.05, 0) is 64.8 Å². The molecule has 0 saturated carbocycles. The third-order valence-corrected chi connectivity index (χ3v) is 7.29. The van der Waals surface area contributed by atoms with Crippen molar-refractivity contribution in [1.29, 1.82) is 0 Å². The minimum atomic E-state index is -0.333. The summed E-state index contributed by atoms with van der Waals surface area (Å²) in [6, 6.07) is 7.74. The molecule has 0 amide bonds. The Morgan fingerprint density at radius 3 is 2.56 bits per heavy atom. The normalized spacial score (nSPS) is 18.5. The maximum atomic E-state index is 14.6. The lowest BCUT2D eigenvalue weighted by molar-refractivity contribution is 0.161.